The molecule has 21 heavy (non-hydrogen) atoms. The van der Waals surface area contributed by atoms with Crippen LogP contribution in [0.2, 0.25) is 5.02 Å². The molecule has 0 atom stereocenters. The van der Waals surface area contributed by atoms with E-state index in [1.807, 2.05) is 24.3 Å². The van der Waals surface area contributed by atoms with E-state index in [4.69, 9.17) is 20.8 Å². The van der Waals surface area contributed by atoms with Crippen molar-refractivity contribution in [3.05, 3.63) is 74.0 Å². The molecule has 106 valence electrons. The van der Waals surface area contributed by atoms with Gasteiger partial charge in [0.25, 0.3) is 0 Å². The predicted molar refractivity (Wildman–Crippen MR) is 86.0 cm³/mol. The van der Waals surface area contributed by atoms with Gasteiger partial charge in [0.15, 0.2) is 0 Å². The van der Waals surface area contributed by atoms with Crippen LogP contribution in [0, 0.1) is 0 Å². The topological polar surface area (TPSA) is 39.4 Å². The molecule has 1 heterocycles. The molecule has 0 aliphatic rings. The minimum absolute atomic E-state index is 0.244. The molecule has 0 fully saturated rings. The molecule has 3 nitrogen and oxygen atoms in total. The van der Waals surface area contributed by atoms with Crippen LogP contribution in [0.5, 0.6) is 5.75 Å². The van der Waals surface area contributed by atoms with E-state index in [1.165, 1.54) is 6.07 Å². The van der Waals surface area contributed by atoms with Crippen LogP contribution in [0.25, 0.3) is 11.0 Å². The van der Waals surface area contributed by atoms with Crippen molar-refractivity contribution in [3.8, 4) is 5.75 Å². The lowest BCUT2D eigenvalue weighted by atomic mass is 10.1. The highest BCUT2D eigenvalue weighted by molar-refractivity contribution is 9.10. The maximum absolute atomic E-state index is 11.6. The van der Waals surface area contributed by atoms with Gasteiger partial charge < -0.3 is 9.15 Å². The van der Waals surface area contributed by atoms with Crippen LogP contribution in [0.1, 0.15) is 5.56 Å². The molecule has 0 amide bonds. The van der Waals surface area contributed by atoms with Crippen LogP contribution in [-0.4, -0.2) is 0 Å². The third-order valence-electron chi connectivity index (χ3n) is 3.01. The van der Waals surface area contributed by atoms with Crippen molar-refractivity contribution in [2.45, 2.75) is 6.61 Å². The van der Waals surface area contributed by atoms with Crippen molar-refractivity contribution >= 4 is 38.5 Å². The normalized spacial score (nSPS) is 10.8. The average Bonchev–Trinajstić information content (AvgIpc) is 2.45. The van der Waals surface area contributed by atoms with Gasteiger partial charge in [-0.15, -0.1) is 0 Å². The molecule has 3 aromatic rings. The SMILES string of the molecule is O=c1cc(COc2ccccc2Cl)c2ccc(Br)cc2o1. The van der Waals surface area contributed by atoms with Gasteiger partial charge in [-0.05, 0) is 30.3 Å². The predicted octanol–water partition coefficient (Wildman–Crippen LogP) is 4.79. The Kier molecular flexibility index (Phi) is 3.99. The Labute approximate surface area is 134 Å². The molecule has 0 bridgehead atoms. The second-order valence-corrected chi connectivity index (χ2v) is 5.77. The van der Waals surface area contributed by atoms with Gasteiger partial charge in [0.05, 0.1) is 5.02 Å². The van der Waals surface area contributed by atoms with Crippen molar-refractivity contribution in [3.63, 3.8) is 0 Å². The zero-order valence-corrected chi connectivity index (χ0v) is 13.1. The molecule has 0 saturated carbocycles. The average molecular weight is 366 g/mol. The van der Waals surface area contributed by atoms with Crippen molar-refractivity contribution in [1.29, 1.82) is 0 Å². The molecule has 2 aromatic carbocycles. The van der Waals surface area contributed by atoms with E-state index in [1.54, 1.807) is 18.2 Å². The highest BCUT2D eigenvalue weighted by Crippen LogP contribution is 2.26. The van der Waals surface area contributed by atoms with Gasteiger partial charge in [-0.3, -0.25) is 0 Å². The van der Waals surface area contributed by atoms with Crippen LogP contribution >= 0.6 is 27.5 Å². The molecule has 1 aromatic heterocycles. The number of para-hydroxylation sites is 1. The fourth-order valence-electron chi connectivity index (χ4n) is 2.04. The summed E-state index contributed by atoms with van der Waals surface area (Å²) < 4.78 is 11.7. The number of fused-ring (bicyclic) bond motifs is 1. The van der Waals surface area contributed by atoms with E-state index in [-0.39, 0.29) is 6.61 Å². The summed E-state index contributed by atoms with van der Waals surface area (Å²) in [5.41, 5.74) is 0.877. The third kappa shape index (κ3) is 3.12. The highest BCUT2D eigenvalue weighted by atomic mass is 79.9. The van der Waals surface area contributed by atoms with Gasteiger partial charge in [-0.2, -0.15) is 0 Å². The van der Waals surface area contributed by atoms with E-state index in [0.29, 0.717) is 16.4 Å². The Hall–Kier alpha value is -1.78. The van der Waals surface area contributed by atoms with Crippen LogP contribution in [0.3, 0.4) is 0 Å². The summed E-state index contributed by atoms with van der Waals surface area (Å²) in [6, 6.07) is 14.2. The number of benzene rings is 2. The summed E-state index contributed by atoms with van der Waals surface area (Å²) in [6.07, 6.45) is 0. The first kappa shape index (κ1) is 14.2. The zero-order valence-electron chi connectivity index (χ0n) is 10.8. The first-order valence-electron chi connectivity index (χ1n) is 6.23. The lowest BCUT2D eigenvalue weighted by Crippen LogP contribution is -2.04. The van der Waals surface area contributed by atoms with Crippen molar-refractivity contribution in [2.24, 2.45) is 0 Å². The first-order chi connectivity index (χ1) is 10.1. The van der Waals surface area contributed by atoms with E-state index in [0.717, 1.165) is 15.4 Å². The van der Waals surface area contributed by atoms with E-state index in [2.05, 4.69) is 15.9 Å². The first-order valence-corrected chi connectivity index (χ1v) is 7.40. The van der Waals surface area contributed by atoms with Gasteiger partial charge in [-0.1, -0.05) is 39.7 Å². The Morgan fingerprint density at radius 2 is 1.95 bits per heavy atom. The number of rotatable bonds is 3. The Morgan fingerprint density at radius 1 is 1.14 bits per heavy atom. The van der Waals surface area contributed by atoms with Gasteiger partial charge in [-0.25, -0.2) is 4.79 Å². The quantitative estimate of drug-likeness (QED) is 0.627. The van der Waals surface area contributed by atoms with E-state index < -0.39 is 5.63 Å². The van der Waals surface area contributed by atoms with Gasteiger partial charge >= 0.3 is 5.63 Å². The Morgan fingerprint density at radius 3 is 2.76 bits per heavy atom. The molecule has 0 N–H and O–H groups in total. The van der Waals surface area contributed by atoms with Crippen LogP contribution < -0.4 is 10.4 Å². The molecular weight excluding hydrogens is 356 g/mol. The third-order valence-corrected chi connectivity index (χ3v) is 3.82. The molecule has 0 spiro atoms. The number of halogens is 2. The monoisotopic (exact) mass is 364 g/mol. The molecule has 0 aliphatic heterocycles. The zero-order chi connectivity index (χ0) is 14.8. The minimum Gasteiger partial charge on any atom is -0.487 e. The van der Waals surface area contributed by atoms with E-state index >= 15 is 0 Å². The fraction of sp³-hybridized carbons (Fsp3) is 0.0625. The summed E-state index contributed by atoms with van der Waals surface area (Å²) in [7, 11) is 0. The summed E-state index contributed by atoms with van der Waals surface area (Å²) in [4.78, 5) is 11.6. The van der Waals surface area contributed by atoms with Gasteiger partial charge in [0, 0.05) is 21.5 Å². The van der Waals surface area contributed by atoms with Crippen molar-refractivity contribution < 1.29 is 9.15 Å². The number of hydrogen-bond acceptors (Lipinski definition) is 3. The number of ether oxygens (including phenoxy) is 1. The van der Waals surface area contributed by atoms with Crippen LogP contribution in [-0.2, 0) is 6.61 Å². The summed E-state index contributed by atoms with van der Waals surface area (Å²) in [5, 5.41) is 1.37. The fourth-order valence-corrected chi connectivity index (χ4v) is 2.57. The summed E-state index contributed by atoms with van der Waals surface area (Å²) in [5.74, 6) is 0.581. The lowest BCUT2D eigenvalue weighted by Gasteiger charge is -2.09. The van der Waals surface area contributed by atoms with Gasteiger partial charge in [0.1, 0.15) is 17.9 Å². The largest absolute Gasteiger partial charge is 0.487 e. The molecule has 0 saturated heterocycles. The van der Waals surface area contributed by atoms with E-state index in [9.17, 15) is 4.79 Å². The lowest BCUT2D eigenvalue weighted by molar-refractivity contribution is 0.307. The summed E-state index contributed by atoms with van der Waals surface area (Å²) >= 11 is 9.41. The highest BCUT2D eigenvalue weighted by Gasteiger charge is 2.08. The maximum Gasteiger partial charge on any atom is 0.336 e. The standard InChI is InChI=1S/C16H10BrClO3/c17-11-5-6-12-10(7-16(19)21-15(12)8-11)9-20-14-4-2-1-3-13(14)18/h1-8H,9H2. The van der Waals surface area contributed by atoms with Crippen molar-refractivity contribution in [1.82, 2.24) is 0 Å². The molecule has 0 radical (unpaired) electrons. The number of hydrogen-bond donors (Lipinski definition) is 0. The Balaban J connectivity index is 1.97. The van der Waals surface area contributed by atoms with Gasteiger partial charge in [0.2, 0.25) is 0 Å². The molecule has 3 rings (SSSR count). The molecular formula is C16H10BrClO3. The molecule has 5 heteroatoms. The minimum atomic E-state index is -0.404. The molecule has 0 aliphatic carbocycles. The maximum atomic E-state index is 11.6. The molecule has 0 unspecified atom stereocenters. The van der Waals surface area contributed by atoms with Crippen molar-refractivity contribution in [2.75, 3.05) is 0 Å². The Bertz CT molecular complexity index is 858. The summed E-state index contributed by atoms with van der Waals surface area (Å²) in [6.45, 7) is 0.244. The van der Waals surface area contributed by atoms with Crippen LogP contribution in [0.15, 0.2) is 62.2 Å². The second-order valence-electron chi connectivity index (χ2n) is 4.45. The second kappa shape index (κ2) is 5.92. The van der Waals surface area contributed by atoms with Crippen LogP contribution in [0.4, 0.5) is 0 Å². The smallest absolute Gasteiger partial charge is 0.336 e.